The van der Waals surface area contributed by atoms with Crippen molar-refractivity contribution in [2.75, 3.05) is 16.4 Å². The molecule has 0 atom stereocenters. The highest BCUT2D eigenvalue weighted by atomic mass is 16.6. The second-order valence-electron chi connectivity index (χ2n) is 10.2. The fourth-order valence-electron chi connectivity index (χ4n) is 4.36. The molecule has 0 aromatic heterocycles. The Morgan fingerprint density at radius 1 is 1.15 bits per heavy atom. The lowest BCUT2D eigenvalue weighted by atomic mass is 9.63. The van der Waals surface area contributed by atoms with Crippen LogP contribution in [0.3, 0.4) is 0 Å². The molecule has 146 valence electrons. The van der Waals surface area contributed by atoms with Crippen LogP contribution in [0.2, 0.25) is 0 Å². The second-order valence-corrected chi connectivity index (χ2v) is 10.2. The summed E-state index contributed by atoms with van der Waals surface area (Å²) in [5, 5.41) is 6.34. The summed E-state index contributed by atoms with van der Waals surface area (Å²) < 4.78 is 5.27. The molecule has 1 amide bonds. The number of nitrogen functional groups attached to an aromatic ring is 1. The van der Waals surface area contributed by atoms with E-state index >= 15 is 0 Å². The van der Waals surface area contributed by atoms with Crippen molar-refractivity contribution in [1.29, 1.82) is 0 Å². The molecule has 5 nitrogen and oxygen atoms in total. The molecular weight excluding hydrogens is 326 g/mol. The SMILES string of the molecule is CC1(C)CC(Nc2ccc(NC(=O)OC(C)(C)C)cc2N)CC(C)(C)C1. The number of nitrogens with two attached hydrogens (primary N) is 1. The van der Waals surface area contributed by atoms with Gasteiger partial charge in [0.25, 0.3) is 0 Å². The van der Waals surface area contributed by atoms with E-state index in [1.807, 2.05) is 32.9 Å². The van der Waals surface area contributed by atoms with Crippen molar-refractivity contribution in [2.45, 2.75) is 79.4 Å². The average Bonchev–Trinajstić information content (AvgIpc) is 2.35. The highest BCUT2D eigenvalue weighted by Crippen LogP contribution is 2.46. The molecule has 1 aliphatic rings. The number of nitrogens with one attached hydrogen (secondary N) is 2. The number of anilines is 3. The van der Waals surface area contributed by atoms with E-state index in [-0.39, 0.29) is 0 Å². The van der Waals surface area contributed by atoms with Crippen molar-refractivity contribution in [1.82, 2.24) is 0 Å². The predicted molar refractivity (Wildman–Crippen MR) is 110 cm³/mol. The molecule has 2 rings (SSSR count). The number of hydrogen-bond acceptors (Lipinski definition) is 4. The quantitative estimate of drug-likeness (QED) is 0.610. The summed E-state index contributed by atoms with van der Waals surface area (Å²) in [7, 11) is 0. The lowest BCUT2D eigenvalue weighted by Gasteiger charge is -2.45. The van der Waals surface area contributed by atoms with Gasteiger partial charge in [-0.1, -0.05) is 27.7 Å². The normalized spacial score (nSPS) is 19.7. The van der Waals surface area contributed by atoms with Gasteiger partial charge in [0.15, 0.2) is 0 Å². The standard InChI is InChI=1S/C21H35N3O2/c1-19(2,3)26-18(25)24-14-8-9-17(16(22)10-14)23-15-11-20(4,5)13-21(6,7)12-15/h8-10,15,23H,11-13,22H2,1-7H3,(H,24,25). The van der Waals surface area contributed by atoms with Gasteiger partial charge in [-0.25, -0.2) is 4.79 Å². The van der Waals surface area contributed by atoms with E-state index in [0.29, 0.717) is 28.2 Å². The summed E-state index contributed by atoms with van der Waals surface area (Å²) in [6.45, 7) is 14.8. The lowest BCUT2D eigenvalue weighted by molar-refractivity contribution is 0.0636. The summed E-state index contributed by atoms with van der Waals surface area (Å²) >= 11 is 0. The van der Waals surface area contributed by atoms with E-state index in [0.717, 1.165) is 18.5 Å². The molecule has 5 heteroatoms. The molecule has 0 unspecified atom stereocenters. The largest absolute Gasteiger partial charge is 0.444 e. The molecule has 0 heterocycles. The Morgan fingerprint density at radius 2 is 1.73 bits per heavy atom. The van der Waals surface area contributed by atoms with Crippen LogP contribution in [0.5, 0.6) is 0 Å². The minimum atomic E-state index is -0.530. The molecule has 0 radical (unpaired) electrons. The predicted octanol–water partition coefficient (Wildman–Crippen LogP) is 5.63. The number of amides is 1. The van der Waals surface area contributed by atoms with Crippen LogP contribution < -0.4 is 16.4 Å². The Labute approximate surface area is 158 Å². The molecule has 0 saturated heterocycles. The van der Waals surface area contributed by atoms with E-state index in [9.17, 15) is 4.79 Å². The zero-order valence-electron chi connectivity index (χ0n) is 17.3. The van der Waals surface area contributed by atoms with Gasteiger partial charge >= 0.3 is 6.09 Å². The maximum Gasteiger partial charge on any atom is 0.412 e. The van der Waals surface area contributed by atoms with Crippen molar-refractivity contribution in [3.8, 4) is 0 Å². The zero-order valence-corrected chi connectivity index (χ0v) is 17.3. The summed E-state index contributed by atoms with van der Waals surface area (Å²) in [5.41, 5.74) is 8.49. The molecule has 0 spiro atoms. The highest BCUT2D eigenvalue weighted by molar-refractivity contribution is 5.87. The van der Waals surface area contributed by atoms with Crippen molar-refractivity contribution >= 4 is 23.2 Å². The van der Waals surface area contributed by atoms with Crippen LogP contribution >= 0.6 is 0 Å². The third-order valence-corrected chi connectivity index (χ3v) is 4.61. The van der Waals surface area contributed by atoms with E-state index in [4.69, 9.17) is 10.5 Å². The highest BCUT2D eigenvalue weighted by Gasteiger charge is 2.38. The average molecular weight is 362 g/mol. The molecule has 1 aromatic rings. The lowest BCUT2D eigenvalue weighted by Crippen LogP contribution is -2.40. The fraction of sp³-hybridized carbons (Fsp3) is 0.667. The Morgan fingerprint density at radius 3 is 2.23 bits per heavy atom. The van der Waals surface area contributed by atoms with Gasteiger partial charge in [0.05, 0.1) is 11.4 Å². The van der Waals surface area contributed by atoms with E-state index in [1.165, 1.54) is 6.42 Å². The van der Waals surface area contributed by atoms with Gasteiger partial charge < -0.3 is 15.8 Å². The Hall–Kier alpha value is -1.91. The molecule has 1 aromatic carbocycles. The third kappa shape index (κ3) is 6.11. The van der Waals surface area contributed by atoms with Crippen LogP contribution in [0.25, 0.3) is 0 Å². The Balaban J connectivity index is 2.04. The van der Waals surface area contributed by atoms with Crippen LogP contribution in [0.15, 0.2) is 18.2 Å². The number of hydrogen-bond donors (Lipinski definition) is 3. The van der Waals surface area contributed by atoms with Gasteiger partial charge in [-0.05, 0) is 69.1 Å². The van der Waals surface area contributed by atoms with Crippen molar-refractivity contribution in [3.05, 3.63) is 18.2 Å². The van der Waals surface area contributed by atoms with Crippen LogP contribution in [-0.4, -0.2) is 17.7 Å². The Bertz CT molecular complexity index is 644. The third-order valence-electron chi connectivity index (χ3n) is 4.61. The van der Waals surface area contributed by atoms with E-state index in [1.54, 1.807) is 6.07 Å². The second kappa shape index (κ2) is 7.01. The van der Waals surface area contributed by atoms with Crippen molar-refractivity contribution in [3.63, 3.8) is 0 Å². The number of carbonyl (C=O) groups excluding carboxylic acids is 1. The van der Waals surface area contributed by atoms with Crippen LogP contribution in [0.1, 0.15) is 67.7 Å². The van der Waals surface area contributed by atoms with Crippen LogP contribution in [0.4, 0.5) is 21.9 Å². The van der Waals surface area contributed by atoms with Gasteiger partial charge in [0, 0.05) is 11.7 Å². The number of rotatable bonds is 3. The first-order valence-corrected chi connectivity index (χ1v) is 9.41. The monoisotopic (exact) mass is 361 g/mol. The van der Waals surface area contributed by atoms with Crippen LogP contribution in [0, 0.1) is 10.8 Å². The number of carbonyl (C=O) groups is 1. The minimum Gasteiger partial charge on any atom is -0.444 e. The molecule has 0 aliphatic heterocycles. The van der Waals surface area contributed by atoms with Crippen molar-refractivity contribution in [2.24, 2.45) is 10.8 Å². The van der Waals surface area contributed by atoms with Gasteiger partial charge in [-0.2, -0.15) is 0 Å². The first-order chi connectivity index (χ1) is 11.7. The summed E-state index contributed by atoms with van der Waals surface area (Å²) in [6.07, 6.45) is 2.99. The number of benzene rings is 1. The maximum absolute atomic E-state index is 11.9. The molecule has 26 heavy (non-hydrogen) atoms. The summed E-state index contributed by atoms with van der Waals surface area (Å²) in [5.74, 6) is 0. The molecule has 1 saturated carbocycles. The first-order valence-electron chi connectivity index (χ1n) is 9.41. The van der Waals surface area contributed by atoms with Crippen molar-refractivity contribution < 1.29 is 9.53 Å². The minimum absolute atomic E-state index is 0.312. The zero-order chi connectivity index (χ0) is 19.8. The van der Waals surface area contributed by atoms with Gasteiger partial charge in [0.1, 0.15) is 5.60 Å². The summed E-state index contributed by atoms with van der Waals surface area (Å²) in [4.78, 5) is 11.9. The summed E-state index contributed by atoms with van der Waals surface area (Å²) in [6, 6.07) is 5.93. The number of ether oxygens (including phenoxy) is 1. The molecule has 1 fully saturated rings. The molecule has 1 aliphatic carbocycles. The first kappa shape index (κ1) is 20.4. The topological polar surface area (TPSA) is 76.4 Å². The fourth-order valence-corrected chi connectivity index (χ4v) is 4.36. The van der Waals surface area contributed by atoms with Gasteiger partial charge in [-0.3, -0.25) is 5.32 Å². The molecular formula is C21H35N3O2. The van der Waals surface area contributed by atoms with Gasteiger partial charge in [0.2, 0.25) is 0 Å². The Kier molecular flexibility index (Phi) is 5.50. The maximum atomic E-state index is 11.9. The van der Waals surface area contributed by atoms with E-state index < -0.39 is 11.7 Å². The van der Waals surface area contributed by atoms with Crippen LogP contribution in [-0.2, 0) is 4.74 Å². The smallest absolute Gasteiger partial charge is 0.412 e. The molecule has 0 bridgehead atoms. The molecule has 4 N–H and O–H groups in total. The van der Waals surface area contributed by atoms with E-state index in [2.05, 4.69) is 38.3 Å². The van der Waals surface area contributed by atoms with Gasteiger partial charge in [-0.15, -0.1) is 0 Å².